The van der Waals surface area contributed by atoms with Crippen molar-refractivity contribution in [3.05, 3.63) is 23.3 Å². The molecule has 0 N–H and O–H groups in total. The molecule has 1 aromatic carbocycles. The van der Waals surface area contributed by atoms with Gasteiger partial charge >= 0.3 is 5.97 Å². The van der Waals surface area contributed by atoms with Crippen LogP contribution in [0.15, 0.2) is 12.1 Å². The molecule has 0 saturated heterocycles. The number of anilines is 1. The first kappa shape index (κ1) is 25.5. The van der Waals surface area contributed by atoms with Gasteiger partial charge in [-0.15, -0.1) is 0 Å². The fourth-order valence-corrected chi connectivity index (χ4v) is 4.63. The third kappa shape index (κ3) is 8.38. The maximum absolute atomic E-state index is 12.3. The third-order valence-corrected chi connectivity index (χ3v) is 6.65. The van der Waals surface area contributed by atoms with E-state index in [1.807, 2.05) is 6.07 Å². The highest BCUT2D eigenvalue weighted by atomic mass is 16.5. The quantitative estimate of drug-likeness (QED) is 0.221. The predicted octanol–water partition coefficient (Wildman–Crippen LogP) is 7.00. The standard InChI is InChI=1S/C27H45NO3/c1-5-6-7-8-9-10-11-12-13-14-21-31-26(29)19-20-28-23(3)16-17-24-22(2)15-18-25(30-4)27(24)28/h15,18,23H,5-14,16-17,19-21H2,1-4H3. The van der Waals surface area contributed by atoms with Crippen LogP contribution in [0, 0.1) is 6.92 Å². The van der Waals surface area contributed by atoms with Gasteiger partial charge in [0.1, 0.15) is 5.75 Å². The molecule has 4 heteroatoms. The number of rotatable bonds is 15. The Kier molecular flexibility index (Phi) is 11.8. The van der Waals surface area contributed by atoms with Crippen molar-refractivity contribution in [2.75, 3.05) is 25.2 Å². The molecule has 1 unspecified atom stereocenters. The Bertz CT molecular complexity index is 658. The summed E-state index contributed by atoms with van der Waals surface area (Å²) in [6.45, 7) is 7.90. The molecule has 1 heterocycles. The number of carbonyl (C=O) groups excluding carboxylic acids is 1. The molecule has 0 bridgehead atoms. The second-order valence-electron chi connectivity index (χ2n) is 9.15. The molecule has 0 spiro atoms. The highest BCUT2D eigenvalue weighted by molar-refractivity contribution is 5.72. The van der Waals surface area contributed by atoms with Crippen molar-refractivity contribution < 1.29 is 14.3 Å². The van der Waals surface area contributed by atoms with Gasteiger partial charge in [-0.2, -0.15) is 0 Å². The van der Waals surface area contributed by atoms with Gasteiger partial charge in [-0.05, 0) is 50.3 Å². The van der Waals surface area contributed by atoms with Crippen molar-refractivity contribution in [3.63, 3.8) is 0 Å². The van der Waals surface area contributed by atoms with Crippen LogP contribution in [-0.4, -0.2) is 32.3 Å². The van der Waals surface area contributed by atoms with E-state index in [0.717, 1.165) is 31.4 Å². The van der Waals surface area contributed by atoms with E-state index in [1.165, 1.54) is 68.2 Å². The lowest BCUT2D eigenvalue weighted by molar-refractivity contribution is -0.143. The predicted molar refractivity (Wildman–Crippen MR) is 130 cm³/mol. The van der Waals surface area contributed by atoms with E-state index < -0.39 is 0 Å². The fraction of sp³-hybridized carbons (Fsp3) is 0.741. The van der Waals surface area contributed by atoms with Crippen LogP contribution in [-0.2, 0) is 16.0 Å². The van der Waals surface area contributed by atoms with Crippen molar-refractivity contribution in [2.24, 2.45) is 0 Å². The molecule has 0 amide bonds. The first-order chi connectivity index (χ1) is 15.1. The molecule has 1 aromatic rings. The van der Waals surface area contributed by atoms with Gasteiger partial charge in [0.2, 0.25) is 0 Å². The summed E-state index contributed by atoms with van der Waals surface area (Å²) in [5, 5.41) is 0. The van der Waals surface area contributed by atoms with Gasteiger partial charge < -0.3 is 14.4 Å². The first-order valence-corrected chi connectivity index (χ1v) is 12.7. The zero-order valence-electron chi connectivity index (χ0n) is 20.5. The average Bonchev–Trinajstić information content (AvgIpc) is 2.77. The van der Waals surface area contributed by atoms with Gasteiger partial charge in [0.15, 0.2) is 0 Å². The zero-order chi connectivity index (χ0) is 22.5. The summed E-state index contributed by atoms with van der Waals surface area (Å²) in [5.74, 6) is 0.827. The molecule has 0 fully saturated rings. The lowest BCUT2D eigenvalue weighted by atomic mass is 9.92. The topological polar surface area (TPSA) is 38.8 Å². The van der Waals surface area contributed by atoms with Crippen LogP contribution in [0.5, 0.6) is 5.75 Å². The number of ether oxygens (including phenoxy) is 2. The van der Waals surface area contributed by atoms with E-state index in [1.54, 1.807) is 7.11 Å². The van der Waals surface area contributed by atoms with Crippen LogP contribution < -0.4 is 9.64 Å². The molecule has 0 aromatic heterocycles. The Hall–Kier alpha value is -1.71. The monoisotopic (exact) mass is 431 g/mol. The normalized spacial score (nSPS) is 15.6. The number of methoxy groups -OCH3 is 1. The zero-order valence-corrected chi connectivity index (χ0v) is 20.5. The minimum atomic E-state index is -0.0816. The van der Waals surface area contributed by atoms with E-state index in [4.69, 9.17) is 9.47 Å². The summed E-state index contributed by atoms with van der Waals surface area (Å²) >= 11 is 0. The van der Waals surface area contributed by atoms with Gasteiger partial charge in [0.05, 0.1) is 25.8 Å². The molecule has 4 nitrogen and oxygen atoms in total. The smallest absolute Gasteiger partial charge is 0.307 e. The van der Waals surface area contributed by atoms with Crippen LogP contribution in [0.25, 0.3) is 0 Å². The van der Waals surface area contributed by atoms with Crippen molar-refractivity contribution in [3.8, 4) is 5.75 Å². The molecular weight excluding hydrogens is 386 g/mol. The second kappa shape index (κ2) is 14.4. The molecule has 1 aliphatic rings. The number of carbonyl (C=O) groups is 1. The van der Waals surface area contributed by atoms with E-state index in [0.29, 0.717) is 25.6 Å². The third-order valence-electron chi connectivity index (χ3n) is 6.65. The Morgan fingerprint density at radius 3 is 2.32 bits per heavy atom. The van der Waals surface area contributed by atoms with Crippen molar-refractivity contribution in [1.82, 2.24) is 0 Å². The molecule has 0 radical (unpaired) electrons. The number of hydrogen-bond acceptors (Lipinski definition) is 4. The lowest BCUT2D eigenvalue weighted by Crippen LogP contribution is -2.39. The lowest BCUT2D eigenvalue weighted by Gasteiger charge is -2.38. The maximum Gasteiger partial charge on any atom is 0.307 e. The molecule has 1 atom stereocenters. The summed E-state index contributed by atoms with van der Waals surface area (Å²) in [6, 6.07) is 4.58. The number of hydrogen-bond donors (Lipinski definition) is 0. The van der Waals surface area contributed by atoms with Crippen LogP contribution in [0.2, 0.25) is 0 Å². The number of nitrogens with zero attached hydrogens (tertiary/aromatic N) is 1. The van der Waals surface area contributed by atoms with Crippen LogP contribution in [0.1, 0.15) is 102 Å². The van der Waals surface area contributed by atoms with Gasteiger partial charge in [-0.25, -0.2) is 0 Å². The van der Waals surface area contributed by atoms with Crippen molar-refractivity contribution >= 4 is 11.7 Å². The molecule has 1 aliphatic heterocycles. The summed E-state index contributed by atoms with van der Waals surface area (Å²) in [5.41, 5.74) is 3.83. The molecule has 2 rings (SSSR count). The molecule has 176 valence electrons. The Morgan fingerprint density at radius 2 is 1.68 bits per heavy atom. The van der Waals surface area contributed by atoms with Gasteiger partial charge in [-0.1, -0.05) is 70.8 Å². The minimum Gasteiger partial charge on any atom is -0.495 e. The molecule has 0 saturated carbocycles. The highest BCUT2D eigenvalue weighted by Gasteiger charge is 2.27. The summed E-state index contributed by atoms with van der Waals surface area (Å²) < 4.78 is 11.2. The first-order valence-electron chi connectivity index (χ1n) is 12.7. The SMILES string of the molecule is CCCCCCCCCCCCOC(=O)CCN1c2c(OC)ccc(C)c2CCC1C. The van der Waals surface area contributed by atoms with E-state index in [-0.39, 0.29) is 5.97 Å². The summed E-state index contributed by atoms with van der Waals surface area (Å²) in [4.78, 5) is 14.6. The second-order valence-corrected chi connectivity index (χ2v) is 9.15. The Balaban J connectivity index is 1.64. The summed E-state index contributed by atoms with van der Waals surface area (Å²) in [6.07, 6.45) is 15.5. The number of benzene rings is 1. The summed E-state index contributed by atoms with van der Waals surface area (Å²) in [7, 11) is 1.73. The van der Waals surface area contributed by atoms with Crippen LogP contribution >= 0.6 is 0 Å². The van der Waals surface area contributed by atoms with Crippen LogP contribution in [0.3, 0.4) is 0 Å². The fourth-order valence-electron chi connectivity index (χ4n) is 4.63. The van der Waals surface area contributed by atoms with Crippen molar-refractivity contribution in [1.29, 1.82) is 0 Å². The van der Waals surface area contributed by atoms with Crippen LogP contribution in [0.4, 0.5) is 5.69 Å². The van der Waals surface area contributed by atoms with E-state index >= 15 is 0 Å². The average molecular weight is 432 g/mol. The van der Waals surface area contributed by atoms with E-state index in [9.17, 15) is 4.79 Å². The Morgan fingerprint density at radius 1 is 1.03 bits per heavy atom. The number of aryl methyl sites for hydroxylation is 1. The minimum absolute atomic E-state index is 0.0816. The molecular formula is C27H45NO3. The molecule has 0 aliphatic carbocycles. The maximum atomic E-state index is 12.3. The highest BCUT2D eigenvalue weighted by Crippen LogP contribution is 2.40. The molecule has 31 heavy (non-hydrogen) atoms. The van der Waals surface area contributed by atoms with Gasteiger partial charge in [-0.3, -0.25) is 4.79 Å². The Labute approximate surface area is 190 Å². The van der Waals surface area contributed by atoms with Gasteiger partial charge in [0, 0.05) is 12.6 Å². The van der Waals surface area contributed by atoms with Gasteiger partial charge in [0.25, 0.3) is 0 Å². The number of fused-ring (bicyclic) bond motifs is 1. The van der Waals surface area contributed by atoms with Crippen molar-refractivity contribution in [2.45, 2.75) is 110 Å². The van der Waals surface area contributed by atoms with E-state index in [2.05, 4.69) is 31.7 Å². The number of esters is 1. The largest absolute Gasteiger partial charge is 0.495 e. The number of unbranched alkanes of at least 4 members (excludes halogenated alkanes) is 9.